The zero-order valence-electron chi connectivity index (χ0n) is 22.0. The fourth-order valence-corrected chi connectivity index (χ4v) is 4.74. The first-order chi connectivity index (χ1) is 17.8. The zero-order chi connectivity index (χ0) is 27.4. The van der Waals surface area contributed by atoms with E-state index < -0.39 is 28.8 Å². The molecule has 10 heteroatoms. The Balaban J connectivity index is 1.57. The highest BCUT2D eigenvalue weighted by molar-refractivity contribution is 6.08. The van der Waals surface area contributed by atoms with Gasteiger partial charge in [0.25, 0.3) is 11.5 Å². The predicted molar refractivity (Wildman–Crippen MR) is 143 cm³/mol. The second-order valence-electron chi connectivity index (χ2n) is 11.5. The van der Waals surface area contributed by atoms with Gasteiger partial charge in [0.2, 0.25) is 0 Å². The van der Waals surface area contributed by atoms with Crippen molar-refractivity contribution >= 4 is 28.2 Å². The summed E-state index contributed by atoms with van der Waals surface area (Å²) >= 11 is 0. The lowest BCUT2D eigenvalue weighted by atomic mass is 9.93. The van der Waals surface area contributed by atoms with Gasteiger partial charge in [0.05, 0.1) is 22.4 Å². The Hall–Kier alpha value is -4.08. The number of hydrogen-bond donors (Lipinski definition) is 1. The van der Waals surface area contributed by atoms with E-state index in [2.05, 4.69) is 49.9 Å². The number of nitrogens with zero attached hydrogens (tertiary/aromatic N) is 5. The molecule has 1 N–H and O–H groups in total. The molecule has 0 aliphatic carbocycles. The molecule has 38 heavy (non-hydrogen) atoms. The maximum atomic E-state index is 14.4. The molecule has 3 heterocycles. The van der Waals surface area contributed by atoms with Crippen LogP contribution in [0.25, 0.3) is 16.6 Å². The number of carbonyl (C=O) groups is 1. The summed E-state index contributed by atoms with van der Waals surface area (Å²) in [6.45, 7) is 12.2. The van der Waals surface area contributed by atoms with Crippen LogP contribution in [0.15, 0.2) is 53.5 Å². The van der Waals surface area contributed by atoms with Gasteiger partial charge in [0.1, 0.15) is 11.4 Å². The Bertz CT molecular complexity index is 1600. The van der Waals surface area contributed by atoms with Crippen molar-refractivity contribution in [3.05, 3.63) is 76.3 Å². The van der Waals surface area contributed by atoms with Crippen molar-refractivity contribution in [1.29, 1.82) is 0 Å². The minimum atomic E-state index is -0.961. The summed E-state index contributed by atoms with van der Waals surface area (Å²) in [6, 6.07) is 9.19. The van der Waals surface area contributed by atoms with Gasteiger partial charge >= 0.3 is 0 Å². The number of rotatable bonds is 4. The summed E-state index contributed by atoms with van der Waals surface area (Å²) in [5.41, 5.74) is 0.527. The third kappa shape index (κ3) is 4.66. The first-order valence-corrected chi connectivity index (χ1v) is 12.5. The molecule has 0 saturated carbocycles. The molecule has 1 aliphatic rings. The molecule has 8 nitrogen and oxygen atoms in total. The summed E-state index contributed by atoms with van der Waals surface area (Å²) in [4.78, 5) is 28.0. The summed E-state index contributed by atoms with van der Waals surface area (Å²) in [7, 11) is 0. The SMILES string of the molecule is CC1(C)CCN(c2c(NC(=O)c3ccc(=O)n(-c4c(F)cccc4F)n3)ccc3nn(C(C)(C)C)cc23)C1. The van der Waals surface area contributed by atoms with Crippen LogP contribution in [0.4, 0.5) is 20.2 Å². The molecule has 0 spiro atoms. The van der Waals surface area contributed by atoms with Crippen molar-refractivity contribution in [3.63, 3.8) is 0 Å². The van der Waals surface area contributed by atoms with Crippen molar-refractivity contribution in [2.45, 2.75) is 46.6 Å². The third-order valence-electron chi connectivity index (χ3n) is 6.77. The number of benzene rings is 2. The Morgan fingerprint density at radius 1 is 1.00 bits per heavy atom. The van der Waals surface area contributed by atoms with Gasteiger partial charge in [-0.3, -0.25) is 14.3 Å². The number of halogens is 2. The minimum Gasteiger partial charge on any atom is -0.369 e. The largest absolute Gasteiger partial charge is 0.369 e. The molecule has 198 valence electrons. The van der Waals surface area contributed by atoms with Gasteiger partial charge in [-0.25, -0.2) is 8.78 Å². The van der Waals surface area contributed by atoms with Gasteiger partial charge in [0, 0.05) is 30.7 Å². The normalized spacial score (nSPS) is 15.3. The van der Waals surface area contributed by atoms with E-state index in [4.69, 9.17) is 5.10 Å². The summed E-state index contributed by atoms with van der Waals surface area (Å²) in [5, 5.41) is 12.6. The monoisotopic (exact) mass is 520 g/mol. The van der Waals surface area contributed by atoms with Crippen LogP contribution < -0.4 is 15.8 Å². The molecule has 4 aromatic rings. The topological polar surface area (TPSA) is 85.1 Å². The maximum absolute atomic E-state index is 14.4. The lowest BCUT2D eigenvalue weighted by Gasteiger charge is -2.25. The molecule has 1 amide bonds. The summed E-state index contributed by atoms with van der Waals surface area (Å²) in [6.07, 6.45) is 2.98. The molecule has 1 saturated heterocycles. The Kier molecular flexibility index (Phi) is 6.08. The van der Waals surface area contributed by atoms with E-state index in [9.17, 15) is 18.4 Å². The van der Waals surface area contributed by atoms with E-state index in [1.54, 1.807) is 6.07 Å². The summed E-state index contributed by atoms with van der Waals surface area (Å²) < 4.78 is 31.2. The van der Waals surface area contributed by atoms with Gasteiger partial charge < -0.3 is 10.2 Å². The average Bonchev–Trinajstić information content (AvgIpc) is 3.43. The van der Waals surface area contributed by atoms with Crippen LogP contribution in [0.5, 0.6) is 0 Å². The van der Waals surface area contributed by atoms with Gasteiger partial charge in [-0.15, -0.1) is 0 Å². The Labute approximate surface area is 218 Å². The number of hydrogen-bond acceptors (Lipinski definition) is 5. The van der Waals surface area contributed by atoms with Crippen LogP contribution in [0, 0.1) is 17.0 Å². The van der Waals surface area contributed by atoms with Gasteiger partial charge in [-0.05, 0) is 62.9 Å². The van der Waals surface area contributed by atoms with Crippen molar-refractivity contribution < 1.29 is 13.6 Å². The van der Waals surface area contributed by atoms with Gasteiger partial charge in [-0.1, -0.05) is 19.9 Å². The molecule has 1 aliphatic heterocycles. The van der Waals surface area contributed by atoms with Crippen LogP contribution in [0.1, 0.15) is 51.5 Å². The molecular weight excluding hydrogens is 490 g/mol. The minimum absolute atomic E-state index is 0.102. The standard InChI is InChI=1S/C28H30F2N6O2/c1-27(2,3)35-15-17-20(32-35)9-10-21(24(17)34-14-13-28(4,5)16-34)31-26(38)22-11-12-23(37)36(33-22)25-18(29)7-6-8-19(25)30/h6-12,15H,13-14,16H2,1-5H3,(H,31,38). The number of fused-ring (bicyclic) bond motifs is 1. The van der Waals surface area contributed by atoms with Crippen LogP contribution in [-0.2, 0) is 5.54 Å². The van der Waals surface area contributed by atoms with Crippen LogP contribution in [0.3, 0.4) is 0 Å². The van der Waals surface area contributed by atoms with Crippen LogP contribution >= 0.6 is 0 Å². The zero-order valence-corrected chi connectivity index (χ0v) is 22.0. The van der Waals surface area contributed by atoms with E-state index in [0.29, 0.717) is 10.4 Å². The molecule has 1 fully saturated rings. The number of amides is 1. The smallest absolute Gasteiger partial charge is 0.276 e. The van der Waals surface area contributed by atoms with Crippen molar-refractivity contribution in [2.24, 2.45) is 5.41 Å². The molecule has 2 aromatic heterocycles. The van der Waals surface area contributed by atoms with E-state index in [0.717, 1.165) is 54.3 Å². The number of para-hydroxylation sites is 1. The number of aromatic nitrogens is 4. The first-order valence-electron chi connectivity index (χ1n) is 12.5. The second kappa shape index (κ2) is 9.04. The molecule has 2 aromatic carbocycles. The van der Waals surface area contributed by atoms with Gasteiger partial charge in [-0.2, -0.15) is 14.9 Å². The lowest BCUT2D eigenvalue weighted by molar-refractivity contribution is 0.102. The van der Waals surface area contributed by atoms with Crippen molar-refractivity contribution in [1.82, 2.24) is 19.6 Å². The van der Waals surface area contributed by atoms with Crippen LogP contribution in [0.2, 0.25) is 0 Å². The third-order valence-corrected chi connectivity index (χ3v) is 6.77. The Morgan fingerprint density at radius 2 is 1.71 bits per heavy atom. The van der Waals surface area contributed by atoms with E-state index in [1.165, 1.54) is 12.1 Å². The fourth-order valence-electron chi connectivity index (χ4n) is 4.74. The molecule has 0 bridgehead atoms. The molecule has 5 rings (SSSR count). The van der Waals surface area contributed by atoms with E-state index in [1.807, 2.05) is 16.9 Å². The first kappa shape index (κ1) is 25.6. The highest BCUT2D eigenvalue weighted by atomic mass is 19.1. The van der Waals surface area contributed by atoms with Crippen molar-refractivity contribution in [3.8, 4) is 5.69 Å². The van der Waals surface area contributed by atoms with E-state index in [-0.39, 0.29) is 16.6 Å². The molecule has 0 radical (unpaired) electrons. The maximum Gasteiger partial charge on any atom is 0.276 e. The molecule has 0 atom stereocenters. The number of nitrogens with one attached hydrogen (secondary N) is 1. The lowest BCUT2D eigenvalue weighted by Crippen LogP contribution is -2.27. The number of carbonyl (C=O) groups excluding carboxylic acids is 1. The second-order valence-corrected chi connectivity index (χ2v) is 11.5. The Morgan fingerprint density at radius 3 is 2.34 bits per heavy atom. The van der Waals surface area contributed by atoms with Crippen LogP contribution in [-0.4, -0.2) is 38.6 Å². The summed E-state index contributed by atoms with van der Waals surface area (Å²) in [5.74, 6) is -2.53. The van der Waals surface area contributed by atoms with Gasteiger partial charge in [0.15, 0.2) is 11.6 Å². The van der Waals surface area contributed by atoms with E-state index >= 15 is 0 Å². The quantitative estimate of drug-likeness (QED) is 0.405. The predicted octanol–water partition coefficient (Wildman–Crippen LogP) is 5.10. The average molecular weight is 521 g/mol. The fraction of sp³-hybridized carbons (Fsp3) is 0.357. The molecule has 0 unspecified atom stereocenters. The highest BCUT2D eigenvalue weighted by Gasteiger charge is 2.32. The number of anilines is 2. The molecular formula is C28H30F2N6O2. The van der Waals surface area contributed by atoms with Crippen molar-refractivity contribution in [2.75, 3.05) is 23.3 Å². The highest BCUT2D eigenvalue weighted by Crippen LogP contribution is 2.41.